The fourth-order valence-electron chi connectivity index (χ4n) is 2.55. The average molecular weight is 342 g/mol. The van der Waals surface area contributed by atoms with Gasteiger partial charge in [0.15, 0.2) is 0 Å². The minimum Gasteiger partial charge on any atom is -0.337 e. The summed E-state index contributed by atoms with van der Waals surface area (Å²) in [4.78, 5) is 20.0. The number of nitrogens with one attached hydrogen (secondary N) is 1. The summed E-state index contributed by atoms with van der Waals surface area (Å²) in [6.07, 6.45) is 2.49. The Morgan fingerprint density at radius 2 is 2.18 bits per heavy atom. The topological polar surface area (TPSA) is 45.2 Å². The molecule has 1 aliphatic heterocycles. The number of rotatable bonds is 5. The Kier molecular flexibility index (Phi) is 6.15. The van der Waals surface area contributed by atoms with Gasteiger partial charge in [-0.15, -0.1) is 11.3 Å². The van der Waals surface area contributed by atoms with E-state index in [2.05, 4.69) is 31.1 Å². The van der Waals surface area contributed by atoms with E-state index in [1.165, 1.54) is 23.5 Å². The number of thiazole rings is 1. The summed E-state index contributed by atoms with van der Waals surface area (Å²) in [6.45, 7) is 9.20. The summed E-state index contributed by atoms with van der Waals surface area (Å²) < 4.78 is 0. The number of urea groups is 1. The van der Waals surface area contributed by atoms with Gasteiger partial charge in [-0.25, -0.2) is 9.78 Å². The largest absolute Gasteiger partial charge is 0.337 e. The van der Waals surface area contributed by atoms with Crippen LogP contribution in [-0.4, -0.2) is 40.5 Å². The zero-order chi connectivity index (χ0) is 16.3. The van der Waals surface area contributed by atoms with Gasteiger partial charge in [-0.05, 0) is 32.4 Å². The fourth-order valence-corrected chi connectivity index (χ4v) is 4.91. The molecule has 0 aromatic carbocycles. The summed E-state index contributed by atoms with van der Waals surface area (Å²) in [5.74, 6) is 1.66. The van der Waals surface area contributed by atoms with Gasteiger partial charge < -0.3 is 10.2 Å². The van der Waals surface area contributed by atoms with E-state index >= 15 is 0 Å². The molecule has 0 radical (unpaired) electrons. The second-order valence-electron chi connectivity index (χ2n) is 6.26. The lowest BCUT2D eigenvalue weighted by Crippen LogP contribution is -2.41. The third kappa shape index (κ3) is 4.16. The monoisotopic (exact) mass is 341 g/mol. The molecule has 0 aliphatic carbocycles. The van der Waals surface area contributed by atoms with Gasteiger partial charge in [0.05, 0.1) is 16.7 Å². The quantitative estimate of drug-likeness (QED) is 0.874. The maximum atomic E-state index is 12.4. The number of nitrogens with zero attached hydrogens (tertiary/aromatic N) is 2. The number of hydrogen-bond donors (Lipinski definition) is 1. The van der Waals surface area contributed by atoms with Gasteiger partial charge in [0.1, 0.15) is 0 Å². The van der Waals surface area contributed by atoms with Crippen LogP contribution in [0.15, 0.2) is 0 Å². The lowest BCUT2D eigenvalue weighted by Gasteiger charge is -2.25. The molecule has 2 atom stereocenters. The van der Waals surface area contributed by atoms with Crippen molar-refractivity contribution in [2.24, 2.45) is 0 Å². The molecule has 2 amide bonds. The fraction of sp³-hybridized carbons (Fsp3) is 0.750. The van der Waals surface area contributed by atoms with Crippen molar-refractivity contribution in [3.8, 4) is 0 Å². The number of aryl methyl sites for hydroxylation is 1. The first-order valence-corrected chi connectivity index (χ1v) is 9.86. The number of carbonyl (C=O) groups excluding carboxylic acids is 1. The zero-order valence-corrected chi connectivity index (χ0v) is 15.8. The Morgan fingerprint density at radius 1 is 1.45 bits per heavy atom. The van der Waals surface area contributed by atoms with Gasteiger partial charge >= 0.3 is 6.03 Å². The lowest BCUT2D eigenvalue weighted by molar-refractivity contribution is 0.195. The third-order valence-corrected chi connectivity index (χ3v) is 7.16. The van der Waals surface area contributed by atoms with E-state index in [9.17, 15) is 4.79 Å². The zero-order valence-electron chi connectivity index (χ0n) is 14.2. The molecule has 2 heterocycles. The minimum absolute atomic E-state index is 0.0129. The molecule has 0 bridgehead atoms. The molecule has 4 nitrogen and oxygen atoms in total. The smallest absolute Gasteiger partial charge is 0.317 e. The van der Waals surface area contributed by atoms with Crippen LogP contribution in [0, 0.1) is 6.92 Å². The van der Waals surface area contributed by atoms with E-state index in [-0.39, 0.29) is 12.1 Å². The molecular formula is C16H27N3OS2. The highest BCUT2D eigenvalue weighted by atomic mass is 32.2. The van der Waals surface area contributed by atoms with Crippen LogP contribution in [0.5, 0.6) is 0 Å². The second-order valence-corrected chi connectivity index (χ2v) is 8.73. The highest BCUT2D eigenvalue weighted by molar-refractivity contribution is 8.00. The molecule has 1 aromatic rings. The van der Waals surface area contributed by atoms with Gasteiger partial charge in [0.2, 0.25) is 0 Å². The van der Waals surface area contributed by atoms with Crippen molar-refractivity contribution in [2.45, 2.75) is 57.7 Å². The second kappa shape index (κ2) is 7.68. The highest BCUT2D eigenvalue weighted by Gasteiger charge is 2.23. The molecule has 1 aromatic heterocycles. The van der Waals surface area contributed by atoms with Crippen molar-refractivity contribution in [1.29, 1.82) is 0 Å². The van der Waals surface area contributed by atoms with Crippen molar-refractivity contribution in [3.63, 3.8) is 0 Å². The summed E-state index contributed by atoms with van der Waals surface area (Å²) >= 11 is 3.70. The van der Waals surface area contributed by atoms with Crippen LogP contribution in [0.4, 0.5) is 4.79 Å². The number of thioether (sulfide) groups is 1. The van der Waals surface area contributed by atoms with Crippen LogP contribution < -0.4 is 5.32 Å². The lowest BCUT2D eigenvalue weighted by atomic mass is 10.2. The highest BCUT2D eigenvalue weighted by Crippen LogP contribution is 2.32. The Bertz CT molecular complexity index is 509. The maximum Gasteiger partial charge on any atom is 0.317 e. The molecule has 1 saturated heterocycles. The SMILES string of the molecule is Cc1nc(C(C)C)sc1[C@@H](C)N(C)C(=O)NC[C@@H]1CCCS1. The van der Waals surface area contributed by atoms with Gasteiger partial charge in [-0.1, -0.05) is 13.8 Å². The Hall–Kier alpha value is -0.750. The van der Waals surface area contributed by atoms with Crippen molar-refractivity contribution >= 4 is 29.1 Å². The normalized spacial score (nSPS) is 19.5. The van der Waals surface area contributed by atoms with E-state index in [1.54, 1.807) is 16.2 Å². The average Bonchev–Trinajstić information content (AvgIpc) is 3.12. The Morgan fingerprint density at radius 3 is 2.73 bits per heavy atom. The maximum absolute atomic E-state index is 12.4. The van der Waals surface area contributed by atoms with Crippen LogP contribution in [0.1, 0.15) is 61.2 Å². The minimum atomic E-state index is 0.0129. The van der Waals surface area contributed by atoms with Crippen molar-refractivity contribution in [2.75, 3.05) is 19.3 Å². The molecule has 2 rings (SSSR count). The van der Waals surface area contributed by atoms with Crippen molar-refractivity contribution < 1.29 is 4.79 Å². The summed E-state index contributed by atoms with van der Waals surface area (Å²) in [6, 6.07) is 0.0696. The van der Waals surface area contributed by atoms with Crippen LogP contribution in [0.3, 0.4) is 0 Å². The Labute approximate surface area is 142 Å². The number of hydrogen-bond acceptors (Lipinski definition) is 4. The van der Waals surface area contributed by atoms with Crippen LogP contribution in [0.25, 0.3) is 0 Å². The van der Waals surface area contributed by atoms with Crippen molar-refractivity contribution in [1.82, 2.24) is 15.2 Å². The first kappa shape index (κ1) is 17.6. The predicted molar refractivity (Wildman–Crippen MR) is 96.0 cm³/mol. The molecule has 0 saturated carbocycles. The van der Waals surface area contributed by atoms with Crippen LogP contribution in [-0.2, 0) is 0 Å². The molecule has 1 fully saturated rings. The molecular weight excluding hydrogens is 314 g/mol. The van der Waals surface area contributed by atoms with E-state index in [0.29, 0.717) is 11.2 Å². The summed E-state index contributed by atoms with van der Waals surface area (Å²) in [7, 11) is 1.87. The molecule has 124 valence electrons. The third-order valence-electron chi connectivity index (χ3n) is 4.13. The van der Waals surface area contributed by atoms with E-state index in [0.717, 1.165) is 17.2 Å². The number of aromatic nitrogens is 1. The van der Waals surface area contributed by atoms with E-state index < -0.39 is 0 Å². The molecule has 0 spiro atoms. The summed E-state index contributed by atoms with van der Waals surface area (Å²) in [5.41, 5.74) is 1.05. The number of amides is 2. The Balaban J connectivity index is 1.95. The van der Waals surface area contributed by atoms with Crippen LogP contribution >= 0.6 is 23.1 Å². The van der Waals surface area contributed by atoms with Gasteiger partial charge in [0.25, 0.3) is 0 Å². The molecule has 1 aliphatic rings. The predicted octanol–water partition coefficient (Wildman–Crippen LogP) is 4.17. The van der Waals surface area contributed by atoms with Gasteiger partial charge in [-0.3, -0.25) is 0 Å². The standard InChI is InChI=1S/C16H27N3OS2/c1-10(2)15-18-11(3)14(22-15)12(4)19(5)16(20)17-9-13-7-6-8-21-13/h10,12-13H,6-9H2,1-5H3,(H,17,20)/t12-,13+/m1/s1. The molecule has 1 N–H and O–H groups in total. The van der Waals surface area contributed by atoms with E-state index in [1.807, 2.05) is 25.7 Å². The van der Waals surface area contributed by atoms with Gasteiger partial charge in [0, 0.05) is 29.6 Å². The molecule has 0 unspecified atom stereocenters. The first-order chi connectivity index (χ1) is 10.4. The van der Waals surface area contributed by atoms with E-state index in [4.69, 9.17) is 0 Å². The van der Waals surface area contributed by atoms with Crippen molar-refractivity contribution in [3.05, 3.63) is 15.6 Å². The molecule has 6 heteroatoms. The molecule has 22 heavy (non-hydrogen) atoms. The summed E-state index contributed by atoms with van der Waals surface area (Å²) in [5, 5.41) is 4.81. The van der Waals surface area contributed by atoms with Gasteiger partial charge in [-0.2, -0.15) is 11.8 Å². The van der Waals surface area contributed by atoms with Crippen LogP contribution in [0.2, 0.25) is 0 Å². The number of carbonyl (C=O) groups is 1. The first-order valence-electron chi connectivity index (χ1n) is 7.99.